The van der Waals surface area contributed by atoms with Crippen LogP contribution in [-0.4, -0.2) is 65.1 Å². The first kappa shape index (κ1) is 33.0. The van der Waals surface area contributed by atoms with E-state index in [1.165, 1.54) is 0 Å². The number of aliphatic hydroxyl groups is 1. The first-order valence-electron chi connectivity index (χ1n) is 15.5. The number of carbonyl (C=O) groups excluding carboxylic acids is 3. The normalized spacial score (nSPS) is 23.0. The molecule has 3 aromatic rings. The summed E-state index contributed by atoms with van der Waals surface area (Å²) in [5.41, 5.74) is 4.21. The van der Waals surface area contributed by atoms with Crippen molar-refractivity contribution in [1.82, 2.24) is 15.1 Å². The summed E-state index contributed by atoms with van der Waals surface area (Å²) in [5, 5.41) is 12.0. The highest BCUT2D eigenvalue weighted by Gasteiger charge is 2.40. The Morgan fingerprint density at radius 1 is 1.00 bits per heavy atom. The van der Waals surface area contributed by atoms with Crippen LogP contribution in [-0.2, 0) is 43.6 Å². The SMILES string of the molecule is C=CCN(C)C[C@H]1O[C@@H](c2ccc(CN3C(=O)CC(NC(=O)OCc4ccccc4)C3=O)cc2)O[C@@H](c2ccc(CO)cc2)[C@H]1C. The molecule has 3 amide bonds. The number of ether oxygens (including phenoxy) is 3. The number of imide groups is 1. The molecular weight excluding hydrogens is 586 g/mol. The van der Waals surface area contributed by atoms with Crippen LogP contribution in [0, 0.1) is 5.92 Å². The number of amides is 3. The van der Waals surface area contributed by atoms with E-state index in [4.69, 9.17) is 14.2 Å². The summed E-state index contributed by atoms with van der Waals surface area (Å²) in [6, 6.07) is 23.5. The number of aliphatic hydroxyl groups excluding tert-OH is 1. The molecule has 10 nitrogen and oxygen atoms in total. The van der Waals surface area contributed by atoms with Crippen molar-refractivity contribution in [2.24, 2.45) is 5.92 Å². The number of carbonyl (C=O) groups is 3. The van der Waals surface area contributed by atoms with Crippen LogP contribution in [0.15, 0.2) is 91.5 Å². The number of nitrogens with zero attached hydrogens (tertiary/aromatic N) is 2. The number of nitrogens with one attached hydrogen (secondary N) is 1. The number of likely N-dealkylation sites (tertiary alicyclic amines) is 1. The summed E-state index contributed by atoms with van der Waals surface area (Å²) in [7, 11) is 2.02. The van der Waals surface area contributed by atoms with Gasteiger partial charge in [-0.05, 0) is 29.3 Å². The molecule has 0 aromatic heterocycles. The van der Waals surface area contributed by atoms with Crippen molar-refractivity contribution >= 4 is 17.9 Å². The average Bonchev–Trinajstić information content (AvgIpc) is 3.32. The highest BCUT2D eigenvalue weighted by Crippen LogP contribution is 2.41. The standard InChI is InChI=1S/C36H41N3O7/c1-4-18-38(3)21-31-24(2)33(28-14-12-26(22-40)13-15-28)46-35(45-31)29-16-10-25(11-17-29)20-39-32(41)19-30(34(39)42)37-36(43)44-23-27-8-6-5-7-9-27/h4-17,24,30-31,33,35,40H,1,18-23H2,2-3H3,(H,37,43)/t24-,30?,31+,33+,35+/m0/s1. The predicted molar refractivity (Wildman–Crippen MR) is 171 cm³/mol. The van der Waals surface area contributed by atoms with Crippen LogP contribution >= 0.6 is 0 Å². The van der Waals surface area contributed by atoms with Gasteiger partial charge in [-0.3, -0.25) is 14.5 Å². The van der Waals surface area contributed by atoms with E-state index in [0.717, 1.165) is 39.3 Å². The molecular formula is C36H41N3O7. The first-order valence-corrected chi connectivity index (χ1v) is 15.5. The van der Waals surface area contributed by atoms with Crippen molar-refractivity contribution < 1.29 is 33.7 Å². The molecule has 0 saturated carbocycles. The maximum atomic E-state index is 13.0. The quantitative estimate of drug-likeness (QED) is 0.220. The fourth-order valence-corrected chi connectivity index (χ4v) is 5.76. The van der Waals surface area contributed by atoms with E-state index in [0.29, 0.717) is 6.54 Å². The second-order valence-electron chi connectivity index (χ2n) is 11.9. The van der Waals surface area contributed by atoms with Crippen LogP contribution in [0.3, 0.4) is 0 Å². The molecule has 2 fully saturated rings. The number of hydrogen-bond donors (Lipinski definition) is 2. The molecule has 3 aromatic carbocycles. The van der Waals surface area contributed by atoms with Gasteiger partial charge in [0, 0.05) is 24.6 Å². The number of alkyl carbamates (subject to hydrolysis) is 1. The van der Waals surface area contributed by atoms with Crippen LogP contribution in [0.1, 0.15) is 53.6 Å². The lowest BCUT2D eigenvalue weighted by Crippen LogP contribution is -2.43. The van der Waals surface area contributed by atoms with Gasteiger partial charge >= 0.3 is 6.09 Å². The van der Waals surface area contributed by atoms with Gasteiger partial charge in [0.1, 0.15) is 12.6 Å². The lowest BCUT2D eigenvalue weighted by molar-refractivity contribution is -0.275. The predicted octanol–water partition coefficient (Wildman–Crippen LogP) is 4.64. The van der Waals surface area contributed by atoms with Gasteiger partial charge in [0.2, 0.25) is 5.91 Å². The smallest absolute Gasteiger partial charge is 0.408 e. The molecule has 0 bridgehead atoms. The third kappa shape index (κ3) is 8.07. The van der Waals surface area contributed by atoms with Crippen molar-refractivity contribution in [1.29, 1.82) is 0 Å². The van der Waals surface area contributed by atoms with Gasteiger partial charge in [-0.2, -0.15) is 0 Å². The van der Waals surface area contributed by atoms with E-state index in [-0.39, 0.29) is 50.2 Å². The summed E-state index contributed by atoms with van der Waals surface area (Å²) in [5.74, 6) is -0.788. The molecule has 0 radical (unpaired) electrons. The molecule has 2 saturated heterocycles. The minimum absolute atomic E-state index is 0.0263. The minimum atomic E-state index is -0.972. The van der Waals surface area contributed by atoms with Gasteiger partial charge < -0.3 is 29.5 Å². The third-order valence-corrected chi connectivity index (χ3v) is 8.40. The van der Waals surface area contributed by atoms with E-state index in [9.17, 15) is 19.5 Å². The van der Waals surface area contributed by atoms with Gasteiger partial charge in [-0.15, -0.1) is 6.58 Å². The second kappa shape index (κ2) is 15.3. The second-order valence-corrected chi connectivity index (χ2v) is 11.9. The van der Waals surface area contributed by atoms with Crippen LogP contribution < -0.4 is 5.32 Å². The Kier molecular flexibility index (Phi) is 11.0. The van der Waals surface area contributed by atoms with Gasteiger partial charge in [-0.25, -0.2) is 4.79 Å². The Bertz CT molecular complexity index is 1500. The van der Waals surface area contributed by atoms with E-state index >= 15 is 0 Å². The molecule has 2 aliphatic heterocycles. The zero-order valence-corrected chi connectivity index (χ0v) is 26.2. The molecule has 0 spiro atoms. The van der Waals surface area contributed by atoms with E-state index in [1.807, 2.05) is 92.0 Å². The molecule has 242 valence electrons. The number of rotatable bonds is 12. The fraction of sp³-hybridized carbons (Fsp3) is 0.361. The van der Waals surface area contributed by atoms with E-state index < -0.39 is 24.3 Å². The van der Waals surface area contributed by atoms with Crippen LogP contribution in [0.25, 0.3) is 0 Å². The Morgan fingerprint density at radius 2 is 1.67 bits per heavy atom. The Labute approximate surface area is 269 Å². The maximum Gasteiger partial charge on any atom is 0.408 e. The molecule has 2 heterocycles. The molecule has 2 N–H and O–H groups in total. The Morgan fingerprint density at radius 3 is 2.35 bits per heavy atom. The number of benzene rings is 3. The molecule has 5 rings (SSSR count). The molecule has 10 heteroatoms. The first-order chi connectivity index (χ1) is 22.2. The summed E-state index contributed by atoms with van der Waals surface area (Å²) in [6.07, 6.45) is -0.0229. The highest BCUT2D eigenvalue weighted by molar-refractivity contribution is 6.06. The Balaban J connectivity index is 1.23. The molecule has 5 atom stereocenters. The number of likely N-dealkylation sites (N-methyl/N-ethyl adjacent to an activating group) is 1. The zero-order valence-electron chi connectivity index (χ0n) is 26.2. The van der Waals surface area contributed by atoms with Gasteiger partial charge in [-0.1, -0.05) is 91.9 Å². The molecule has 46 heavy (non-hydrogen) atoms. The summed E-state index contributed by atoms with van der Waals surface area (Å²) >= 11 is 0. The largest absolute Gasteiger partial charge is 0.445 e. The summed E-state index contributed by atoms with van der Waals surface area (Å²) in [6.45, 7) is 7.49. The molecule has 2 aliphatic rings. The van der Waals surface area contributed by atoms with Gasteiger partial charge in [0.05, 0.1) is 31.8 Å². The average molecular weight is 628 g/mol. The molecule has 0 aliphatic carbocycles. The van der Waals surface area contributed by atoms with Crippen molar-refractivity contribution in [2.75, 3.05) is 20.1 Å². The van der Waals surface area contributed by atoms with Gasteiger partial charge in [0.25, 0.3) is 5.91 Å². The lowest BCUT2D eigenvalue weighted by Gasteiger charge is -2.42. The van der Waals surface area contributed by atoms with Crippen molar-refractivity contribution in [3.8, 4) is 0 Å². The number of hydrogen-bond acceptors (Lipinski definition) is 8. The maximum absolute atomic E-state index is 13.0. The van der Waals surface area contributed by atoms with Crippen LogP contribution in [0.4, 0.5) is 4.79 Å². The monoisotopic (exact) mass is 627 g/mol. The fourth-order valence-electron chi connectivity index (χ4n) is 5.76. The van der Waals surface area contributed by atoms with Crippen molar-refractivity contribution in [3.63, 3.8) is 0 Å². The van der Waals surface area contributed by atoms with Gasteiger partial charge in [0.15, 0.2) is 6.29 Å². The Hall–Kier alpha value is -4.35. The van der Waals surface area contributed by atoms with E-state index in [1.54, 1.807) is 0 Å². The van der Waals surface area contributed by atoms with Crippen molar-refractivity contribution in [3.05, 3.63) is 119 Å². The van der Waals surface area contributed by atoms with Crippen LogP contribution in [0.2, 0.25) is 0 Å². The van der Waals surface area contributed by atoms with Crippen LogP contribution in [0.5, 0.6) is 0 Å². The molecule has 1 unspecified atom stereocenters. The third-order valence-electron chi connectivity index (χ3n) is 8.40. The summed E-state index contributed by atoms with van der Waals surface area (Å²) in [4.78, 5) is 41.4. The topological polar surface area (TPSA) is 118 Å². The minimum Gasteiger partial charge on any atom is -0.445 e. The highest BCUT2D eigenvalue weighted by atomic mass is 16.7. The lowest BCUT2D eigenvalue weighted by atomic mass is 9.90. The van der Waals surface area contributed by atoms with E-state index in [2.05, 4.69) is 23.7 Å². The zero-order chi connectivity index (χ0) is 32.6. The summed E-state index contributed by atoms with van der Waals surface area (Å²) < 4.78 is 18.2. The van der Waals surface area contributed by atoms with Crippen molar-refractivity contribution in [2.45, 2.75) is 57.6 Å².